The molecular weight excluding hydrogens is 204 g/mol. The molecule has 0 radical (unpaired) electrons. The summed E-state index contributed by atoms with van der Waals surface area (Å²) >= 11 is 5.66. The number of nitrogens with two attached hydrogens (primary N) is 1. The van der Waals surface area contributed by atoms with Gasteiger partial charge in [0.05, 0.1) is 17.3 Å². The number of anilines is 2. The quantitative estimate of drug-likeness (QED) is 0.684. The number of nitrogens with one attached hydrogen (secondary N) is 2. The van der Waals surface area contributed by atoms with Crippen LogP contribution in [0.2, 0.25) is 5.02 Å². The molecule has 0 aliphatic rings. The van der Waals surface area contributed by atoms with Gasteiger partial charge in [0.25, 0.3) is 0 Å². The number of likely N-dealkylation sites (N-methyl/N-ethyl adjacent to an activating group) is 1. The minimum Gasteiger partial charge on any atom is -0.396 e. The zero-order chi connectivity index (χ0) is 10.6. The van der Waals surface area contributed by atoms with Crippen molar-refractivity contribution in [1.29, 1.82) is 0 Å². The molecule has 0 saturated heterocycles. The fraction of sp³-hybridized carbons (Fsp3) is 0.250. The van der Waals surface area contributed by atoms with Crippen molar-refractivity contribution in [1.82, 2.24) is 10.3 Å². The van der Waals surface area contributed by atoms with Gasteiger partial charge in [-0.1, -0.05) is 11.6 Å². The standard InChI is InChI=1S/C8H11ClN4O/c1-11-7(14)4-13-8-6(10)2-5(9)3-12-8/h2-3H,4,10H2,1H3,(H,11,14)(H,12,13). The lowest BCUT2D eigenvalue weighted by molar-refractivity contribution is -0.118. The van der Waals surface area contributed by atoms with Crippen LogP contribution in [-0.4, -0.2) is 24.5 Å². The molecule has 4 N–H and O–H groups in total. The molecule has 0 bridgehead atoms. The Morgan fingerprint density at radius 1 is 1.71 bits per heavy atom. The van der Waals surface area contributed by atoms with Crippen LogP contribution in [0.4, 0.5) is 11.5 Å². The van der Waals surface area contributed by atoms with Crippen LogP contribution < -0.4 is 16.4 Å². The van der Waals surface area contributed by atoms with E-state index in [2.05, 4.69) is 15.6 Å². The number of aromatic nitrogens is 1. The summed E-state index contributed by atoms with van der Waals surface area (Å²) in [6.45, 7) is 0.134. The Morgan fingerprint density at radius 2 is 2.43 bits per heavy atom. The van der Waals surface area contributed by atoms with E-state index in [-0.39, 0.29) is 12.5 Å². The van der Waals surface area contributed by atoms with Gasteiger partial charge in [0.15, 0.2) is 0 Å². The smallest absolute Gasteiger partial charge is 0.239 e. The third-order valence-electron chi connectivity index (χ3n) is 1.58. The van der Waals surface area contributed by atoms with E-state index in [1.165, 1.54) is 6.20 Å². The average Bonchev–Trinajstić information content (AvgIpc) is 2.16. The molecule has 0 aromatic carbocycles. The van der Waals surface area contributed by atoms with E-state index < -0.39 is 0 Å². The van der Waals surface area contributed by atoms with Crippen molar-refractivity contribution < 1.29 is 4.79 Å². The normalized spacial score (nSPS) is 9.57. The minimum atomic E-state index is -0.138. The molecule has 0 aliphatic carbocycles. The van der Waals surface area contributed by atoms with E-state index in [0.29, 0.717) is 16.5 Å². The summed E-state index contributed by atoms with van der Waals surface area (Å²) < 4.78 is 0. The van der Waals surface area contributed by atoms with Gasteiger partial charge < -0.3 is 16.4 Å². The molecule has 76 valence electrons. The molecule has 1 rings (SSSR count). The highest BCUT2D eigenvalue weighted by Gasteiger charge is 2.03. The van der Waals surface area contributed by atoms with E-state index in [0.717, 1.165) is 0 Å². The molecule has 14 heavy (non-hydrogen) atoms. The number of pyridine rings is 1. The maximum absolute atomic E-state index is 10.9. The number of halogens is 1. The molecule has 0 fully saturated rings. The maximum Gasteiger partial charge on any atom is 0.239 e. The first-order valence-corrected chi connectivity index (χ1v) is 4.36. The summed E-state index contributed by atoms with van der Waals surface area (Å²) in [6, 6.07) is 1.57. The number of carbonyl (C=O) groups is 1. The zero-order valence-electron chi connectivity index (χ0n) is 7.67. The third kappa shape index (κ3) is 2.77. The predicted octanol–water partition coefficient (Wildman–Crippen LogP) is 0.475. The van der Waals surface area contributed by atoms with Gasteiger partial charge in [0, 0.05) is 13.2 Å². The Hall–Kier alpha value is -1.49. The zero-order valence-corrected chi connectivity index (χ0v) is 8.43. The lowest BCUT2D eigenvalue weighted by Gasteiger charge is -2.06. The average molecular weight is 215 g/mol. The molecule has 0 spiro atoms. The van der Waals surface area contributed by atoms with Crippen molar-refractivity contribution in [3.8, 4) is 0 Å². The van der Waals surface area contributed by atoms with Gasteiger partial charge in [-0.3, -0.25) is 4.79 Å². The van der Waals surface area contributed by atoms with Crippen molar-refractivity contribution in [2.24, 2.45) is 0 Å². The Labute approximate surface area is 86.7 Å². The first kappa shape index (κ1) is 10.6. The summed E-state index contributed by atoms with van der Waals surface area (Å²) in [5.41, 5.74) is 6.03. The number of rotatable bonds is 3. The summed E-state index contributed by atoms with van der Waals surface area (Å²) in [7, 11) is 1.56. The number of hydrogen-bond acceptors (Lipinski definition) is 4. The Kier molecular flexibility index (Phi) is 3.53. The maximum atomic E-state index is 10.9. The molecule has 6 heteroatoms. The van der Waals surface area contributed by atoms with Gasteiger partial charge in [-0.2, -0.15) is 0 Å². The Bertz CT molecular complexity index is 342. The fourth-order valence-electron chi connectivity index (χ4n) is 0.855. The van der Waals surface area contributed by atoms with Crippen molar-refractivity contribution in [2.45, 2.75) is 0 Å². The molecule has 0 aliphatic heterocycles. The lowest BCUT2D eigenvalue weighted by Crippen LogP contribution is -2.26. The van der Waals surface area contributed by atoms with Crippen LogP contribution in [0.15, 0.2) is 12.3 Å². The van der Waals surface area contributed by atoms with Crippen LogP contribution in [0.5, 0.6) is 0 Å². The Balaban J connectivity index is 2.63. The van der Waals surface area contributed by atoms with E-state index in [1.54, 1.807) is 13.1 Å². The van der Waals surface area contributed by atoms with E-state index in [1.807, 2.05) is 0 Å². The highest BCUT2D eigenvalue weighted by Crippen LogP contribution is 2.18. The van der Waals surface area contributed by atoms with E-state index >= 15 is 0 Å². The monoisotopic (exact) mass is 214 g/mol. The van der Waals surface area contributed by atoms with Crippen LogP contribution in [0.3, 0.4) is 0 Å². The number of nitrogen functional groups attached to an aromatic ring is 1. The van der Waals surface area contributed by atoms with E-state index in [9.17, 15) is 4.79 Å². The van der Waals surface area contributed by atoms with Gasteiger partial charge in [-0.25, -0.2) is 4.98 Å². The van der Waals surface area contributed by atoms with Crippen molar-refractivity contribution in [3.05, 3.63) is 17.3 Å². The second kappa shape index (κ2) is 4.66. The van der Waals surface area contributed by atoms with Crippen LogP contribution >= 0.6 is 11.6 Å². The molecule has 0 unspecified atom stereocenters. The van der Waals surface area contributed by atoms with Gasteiger partial charge in [0.2, 0.25) is 5.91 Å². The molecule has 0 saturated carbocycles. The largest absolute Gasteiger partial charge is 0.396 e. The van der Waals surface area contributed by atoms with E-state index in [4.69, 9.17) is 17.3 Å². The predicted molar refractivity (Wildman–Crippen MR) is 56.2 cm³/mol. The number of amides is 1. The summed E-state index contributed by atoms with van der Waals surface area (Å²) in [6.07, 6.45) is 1.46. The highest BCUT2D eigenvalue weighted by atomic mass is 35.5. The van der Waals surface area contributed by atoms with Crippen molar-refractivity contribution >= 4 is 29.0 Å². The van der Waals surface area contributed by atoms with Crippen LogP contribution in [-0.2, 0) is 4.79 Å². The lowest BCUT2D eigenvalue weighted by atomic mass is 10.4. The van der Waals surface area contributed by atoms with Gasteiger partial charge in [-0.15, -0.1) is 0 Å². The number of hydrogen-bond donors (Lipinski definition) is 3. The molecule has 1 amide bonds. The first-order chi connectivity index (χ1) is 6.63. The van der Waals surface area contributed by atoms with Crippen molar-refractivity contribution in [3.63, 3.8) is 0 Å². The SMILES string of the molecule is CNC(=O)CNc1ncc(Cl)cc1N. The van der Waals surface area contributed by atoms with Crippen LogP contribution in [0.1, 0.15) is 0 Å². The fourth-order valence-corrected chi connectivity index (χ4v) is 1.02. The summed E-state index contributed by atoms with van der Waals surface area (Å²) in [5, 5.41) is 5.72. The first-order valence-electron chi connectivity index (χ1n) is 3.99. The van der Waals surface area contributed by atoms with Gasteiger partial charge in [-0.05, 0) is 6.07 Å². The topological polar surface area (TPSA) is 80.0 Å². The molecule has 1 aromatic rings. The van der Waals surface area contributed by atoms with Crippen LogP contribution in [0.25, 0.3) is 0 Å². The molecule has 0 atom stereocenters. The molecular formula is C8H11ClN4O. The summed E-state index contributed by atoms with van der Waals surface area (Å²) in [5.74, 6) is 0.319. The molecule has 1 aromatic heterocycles. The minimum absolute atomic E-state index is 0.134. The Morgan fingerprint density at radius 3 is 3.00 bits per heavy atom. The molecule has 1 heterocycles. The van der Waals surface area contributed by atoms with Gasteiger partial charge >= 0.3 is 0 Å². The van der Waals surface area contributed by atoms with Crippen LogP contribution in [0, 0.1) is 0 Å². The highest BCUT2D eigenvalue weighted by molar-refractivity contribution is 6.30. The number of nitrogens with zero attached hydrogens (tertiary/aromatic N) is 1. The van der Waals surface area contributed by atoms with Crippen molar-refractivity contribution in [2.75, 3.05) is 24.6 Å². The second-order valence-corrected chi connectivity index (χ2v) is 3.05. The molecule has 5 nitrogen and oxygen atoms in total. The third-order valence-corrected chi connectivity index (χ3v) is 1.79. The number of carbonyl (C=O) groups excluding carboxylic acids is 1. The van der Waals surface area contributed by atoms with Gasteiger partial charge in [0.1, 0.15) is 5.82 Å². The second-order valence-electron chi connectivity index (χ2n) is 2.62. The summed E-state index contributed by atoms with van der Waals surface area (Å²) in [4.78, 5) is 14.8.